The van der Waals surface area contributed by atoms with Gasteiger partial charge in [-0.1, -0.05) is 38.1 Å². The first-order valence-electron chi connectivity index (χ1n) is 6.18. The van der Waals surface area contributed by atoms with E-state index in [2.05, 4.69) is 66.0 Å². The van der Waals surface area contributed by atoms with Crippen molar-refractivity contribution >= 4 is 16.3 Å². The van der Waals surface area contributed by atoms with Crippen LogP contribution >= 0.6 is 11.3 Å². The Kier molecular flexibility index (Phi) is 2.71. The summed E-state index contributed by atoms with van der Waals surface area (Å²) >= 11 is 1.69. The third kappa shape index (κ3) is 1.85. The van der Waals surface area contributed by atoms with Gasteiger partial charge in [-0.05, 0) is 18.4 Å². The number of thiazole rings is 1. The largest absolute Gasteiger partial charge is 0.294 e. The van der Waals surface area contributed by atoms with E-state index in [1.807, 2.05) is 0 Å². The van der Waals surface area contributed by atoms with Gasteiger partial charge in [-0.15, -0.1) is 11.3 Å². The monoisotopic (exact) mass is 256 g/mol. The molecular weight excluding hydrogens is 240 g/mol. The number of fused-ring (bicyclic) bond motifs is 1. The third-order valence-corrected chi connectivity index (χ3v) is 4.22. The van der Waals surface area contributed by atoms with Crippen LogP contribution in [-0.2, 0) is 0 Å². The maximum absolute atomic E-state index is 4.66. The SMILES string of the molecule is Cc1csc2nc(-c3ccc(C(C)C)cc3)cn12. The molecule has 1 aromatic carbocycles. The van der Waals surface area contributed by atoms with Gasteiger partial charge >= 0.3 is 0 Å². The van der Waals surface area contributed by atoms with E-state index in [0.29, 0.717) is 5.92 Å². The summed E-state index contributed by atoms with van der Waals surface area (Å²) < 4.78 is 2.15. The fourth-order valence-electron chi connectivity index (χ4n) is 2.07. The first-order valence-corrected chi connectivity index (χ1v) is 7.06. The third-order valence-electron chi connectivity index (χ3n) is 3.26. The molecule has 0 aliphatic carbocycles. The van der Waals surface area contributed by atoms with Crippen LogP contribution in [0.2, 0.25) is 0 Å². The fraction of sp³-hybridized carbons (Fsp3) is 0.267. The van der Waals surface area contributed by atoms with Crippen LogP contribution in [0.5, 0.6) is 0 Å². The molecule has 0 fully saturated rings. The molecule has 3 aromatic rings. The van der Waals surface area contributed by atoms with Crippen LogP contribution < -0.4 is 0 Å². The quantitative estimate of drug-likeness (QED) is 0.660. The zero-order valence-electron chi connectivity index (χ0n) is 10.8. The summed E-state index contributed by atoms with van der Waals surface area (Å²) in [4.78, 5) is 5.73. The van der Waals surface area contributed by atoms with Gasteiger partial charge in [-0.2, -0.15) is 0 Å². The summed E-state index contributed by atoms with van der Waals surface area (Å²) in [6.45, 7) is 6.53. The zero-order valence-corrected chi connectivity index (χ0v) is 11.7. The number of rotatable bonds is 2. The molecule has 0 amide bonds. The zero-order chi connectivity index (χ0) is 12.7. The second kappa shape index (κ2) is 4.25. The maximum atomic E-state index is 4.66. The lowest BCUT2D eigenvalue weighted by Crippen LogP contribution is -1.86. The minimum atomic E-state index is 0.576. The van der Waals surface area contributed by atoms with Crippen molar-refractivity contribution in [1.82, 2.24) is 9.38 Å². The number of imidazole rings is 1. The highest BCUT2D eigenvalue weighted by atomic mass is 32.1. The van der Waals surface area contributed by atoms with E-state index in [-0.39, 0.29) is 0 Å². The molecule has 0 aliphatic heterocycles. The van der Waals surface area contributed by atoms with Crippen LogP contribution in [0.1, 0.15) is 31.0 Å². The average Bonchev–Trinajstić information content (AvgIpc) is 2.92. The number of hydrogen-bond acceptors (Lipinski definition) is 2. The van der Waals surface area contributed by atoms with Gasteiger partial charge in [-0.25, -0.2) is 4.98 Å². The molecule has 3 rings (SSSR count). The molecule has 3 heteroatoms. The first kappa shape index (κ1) is 11.5. The number of hydrogen-bond donors (Lipinski definition) is 0. The van der Waals surface area contributed by atoms with Gasteiger partial charge in [0.05, 0.1) is 5.69 Å². The number of nitrogens with zero attached hydrogens (tertiary/aromatic N) is 2. The summed E-state index contributed by atoms with van der Waals surface area (Å²) in [5, 5.41) is 2.13. The molecule has 0 saturated heterocycles. The lowest BCUT2D eigenvalue weighted by Gasteiger charge is -2.05. The van der Waals surface area contributed by atoms with Crippen LogP contribution in [0.25, 0.3) is 16.2 Å². The van der Waals surface area contributed by atoms with E-state index >= 15 is 0 Å². The molecule has 0 saturated carbocycles. The van der Waals surface area contributed by atoms with Gasteiger partial charge < -0.3 is 0 Å². The van der Waals surface area contributed by atoms with Crippen molar-refractivity contribution in [3.05, 3.63) is 47.1 Å². The molecule has 0 aliphatic rings. The Bertz CT molecular complexity index is 674. The van der Waals surface area contributed by atoms with E-state index < -0.39 is 0 Å². The van der Waals surface area contributed by atoms with Gasteiger partial charge in [0, 0.05) is 22.8 Å². The molecule has 0 bridgehead atoms. The molecule has 0 spiro atoms. The molecule has 18 heavy (non-hydrogen) atoms. The standard InChI is InChI=1S/C15H16N2S/c1-10(2)12-4-6-13(7-5-12)14-8-17-11(3)9-18-15(17)16-14/h4-10H,1-3H3. The highest BCUT2D eigenvalue weighted by Crippen LogP contribution is 2.25. The van der Waals surface area contributed by atoms with Crippen molar-refractivity contribution in [2.24, 2.45) is 0 Å². The molecule has 2 heterocycles. The summed E-state index contributed by atoms with van der Waals surface area (Å²) in [5.74, 6) is 0.576. The predicted molar refractivity (Wildman–Crippen MR) is 77.3 cm³/mol. The average molecular weight is 256 g/mol. The van der Waals surface area contributed by atoms with E-state index in [9.17, 15) is 0 Å². The van der Waals surface area contributed by atoms with Crippen molar-refractivity contribution in [3.63, 3.8) is 0 Å². The molecule has 92 valence electrons. The van der Waals surface area contributed by atoms with Crippen LogP contribution in [0.4, 0.5) is 0 Å². The smallest absolute Gasteiger partial charge is 0.194 e. The minimum Gasteiger partial charge on any atom is -0.294 e. The lowest BCUT2D eigenvalue weighted by molar-refractivity contribution is 0.867. The van der Waals surface area contributed by atoms with Gasteiger partial charge in [0.15, 0.2) is 4.96 Å². The van der Waals surface area contributed by atoms with Crippen molar-refractivity contribution < 1.29 is 0 Å². The maximum Gasteiger partial charge on any atom is 0.194 e. The number of aromatic nitrogens is 2. The van der Waals surface area contributed by atoms with Crippen molar-refractivity contribution in [2.75, 3.05) is 0 Å². The molecule has 0 atom stereocenters. The highest BCUT2D eigenvalue weighted by Gasteiger charge is 2.07. The molecular formula is C15H16N2S. The molecule has 0 N–H and O–H groups in total. The van der Waals surface area contributed by atoms with Crippen LogP contribution in [0.15, 0.2) is 35.8 Å². The predicted octanol–water partition coefficient (Wildman–Crippen LogP) is 4.49. The topological polar surface area (TPSA) is 17.3 Å². The molecule has 0 radical (unpaired) electrons. The van der Waals surface area contributed by atoms with E-state index in [4.69, 9.17) is 0 Å². The van der Waals surface area contributed by atoms with Crippen molar-refractivity contribution in [3.8, 4) is 11.3 Å². The van der Waals surface area contributed by atoms with Gasteiger partial charge in [0.1, 0.15) is 0 Å². The molecule has 0 unspecified atom stereocenters. The second-order valence-electron chi connectivity index (χ2n) is 4.93. The Labute approximate surface area is 111 Å². The highest BCUT2D eigenvalue weighted by molar-refractivity contribution is 7.15. The van der Waals surface area contributed by atoms with E-state index in [1.54, 1.807) is 11.3 Å². The summed E-state index contributed by atoms with van der Waals surface area (Å²) in [6, 6.07) is 8.72. The van der Waals surface area contributed by atoms with Crippen LogP contribution in [-0.4, -0.2) is 9.38 Å². The first-order chi connectivity index (χ1) is 8.65. The Morgan fingerprint density at radius 3 is 2.50 bits per heavy atom. The number of benzene rings is 1. The normalized spacial score (nSPS) is 11.6. The lowest BCUT2D eigenvalue weighted by atomic mass is 10.0. The van der Waals surface area contributed by atoms with Crippen molar-refractivity contribution in [1.29, 1.82) is 0 Å². The number of aryl methyl sites for hydroxylation is 1. The van der Waals surface area contributed by atoms with Gasteiger partial charge in [-0.3, -0.25) is 4.40 Å². The minimum absolute atomic E-state index is 0.576. The second-order valence-corrected chi connectivity index (χ2v) is 5.77. The Balaban J connectivity index is 2.03. The van der Waals surface area contributed by atoms with E-state index in [0.717, 1.165) is 10.7 Å². The van der Waals surface area contributed by atoms with Crippen LogP contribution in [0, 0.1) is 6.92 Å². The van der Waals surface area contributed by atoms with Gasteiger partial charge in [0.25, 0.3) is 0 Å². The molecule has 2 aromatic heterocycles. The Morgan fingerprint density at radius 1 is 1.17 bits per heavy atom. The Morgan fingerprint density at radius 2 is 1.89 bits per heavy atom. The summed E-state index contributed by atoms with van der Waals surface area (Å²) in [5.41, 5.74) is 4.86. The van der Waals surface area contributed by atoms with Gasteiger partial charge in [0.2, 0.25) is 0 Å². The Hall–Kier alpha value is -1.61. The van der Waals surface area contributed by atoms with E-state index in [1.165, 1.54) is 16.8 Å². The summed E-state index contributed by atoms with van der Waals surface area (Å²) in [6.07, 6.45) is 2.12. The fourth-order valence-corrected chi connectivity index (χ4v) is 2.92. The molecule has 2 nitrogen and oxygen atoms in total. The van der Waals surface area contributed by atoms with Crippen molar-refractivity contribution in [2.45, 2.75) is 26.7 Å². The summed E-state index contributed by atoms with van der Waals surface area (Å²) in [7, 11) is 0. The van der Waals surface area contributed by atoms with Crippen LogP contribution in [0.3, 0.4) is 0 Å².